The van der Waals surface area contributed by atoms with Crippen LogP contribution in [0.1, 0.15) is 62.0 Å². The fraction of sp³-hybridized carbons (Fsp3) is 0.321. The minimum atomic E-state index is -0.928. The highest BCUT2D eigenvalue weighted by atomic mass is 35.5. The smallest absolute Gasteiger partial charge is 0.407 e. The van der Waals surface area contributed by atoms with Crippen molar-refractivity contribution < 1.29 is 19.6 Å². The number of alkyl carbamates (subject to hydrolysis) is 1. The minimum absolute atomic E-state index is 0.0322. The van der Waals surface area contributed by atoms with Gasteiger partial charge in [0.25, 0.3) is 5.69 Å². The number of nitro groups is 1. The Balaban J connectivity index is 1.68. The lowest BCUT2D eigenvalue weighted by molar-refractivity contribution is -0.384. The number of nitro benzene ring substituents is 1. The Labute approximate surface area is 221 Å². The average Bonchev–Trinajstić information content (AvgIpc) is 2.85. The number of ether oxygens (including phenoxy) is 1. The summed E-state index contributed by atoms with van der Waals surface area (Å²) in [4.78, 5) is 22.4. The summed E-state index contributed by atoms with van der Waals surface area (Å²) in [5.41, 5.74) is 3.35. The van der Waals surface area contributed by atoms with Crippen molar-refractivity contribution in [3.8, 4) is 0 Å². The Kier molecular flexibility index (Phi) is 9.13. The third-order valence-electron chi connectivity index (χ3n) is 5.71. The number of nitrogens with one attached hydrogen (secondary N) is 2. The first kappa shape index (κ1) is 28.0. The summed E-state index contributed by atoms with van der Waals surface area (Å²) >= 11 is 6.23. The van der Waals surface area contributed by atoms with Crippen LogP contribution in [0.25, 0.3) is 0 Å². The van der Waals surface area contributed by atoms with Gasteiger partial charge < -0.3 is 20.5 Å². The molecule has 2 unspecified atom stereocenters. The van der Waals surface area contributed by atoms with Crippen LogP contribution in [-0.2, 0) is 11.3 Å². The predicted molar refractivity (Wildman–Crippen MR) is 145 cm³/mol. The fourth-order valence-electron chi connectivity index (χ4n) is 3.71. The quantitative estimate of drug-likeness (QED) is 0.215. The maximum atomic E-state index is 11.9. The van der Waals surface area contributed by atoms with E-state index in [9.17, 15) is 20.0 Å². The van der Waals surface area contributed by atoms with Gasteiger partial charge in [0.1, 0.15) is 11.7 Å². The van der Waals surface area contributed by atoms with Gasteiger partial charge in [0.15, 0.2) is 0 Å². The first-order chi connectivity index (χ1) is 17.4. The SMILES string of the molecule is CC(CNC(=O)OC(C)(C)C)c1ccc(C(O)c2cc(Cl)ccc2NCc2ccc([N+](=O)[O-])cc2)cc1. The molecule has 0 fully saturated rings. The molecule has 0 heterocycles. The number of hydrogen-bond acceptors (Lipinski definition) is 6. The van der Waals surface area contributed by atoms with Crippen LogP contribution in [0.15, 0.2) is 66.7 Å². The molecule has 0 radical (unpaired) electrons. The number of anilines is 1. The molecule has 0 bridgehead atoms. The second-order valence-corrected chi connectivity index (χ2v) is 10.3. The number of amides is 1. The molecule has 8 nitrogen and oxygen atoms in total. The molecule has 1 amide bonds. The molecule has 3 N–H and O–H groups in total. The molecule has 3 aromatic rings. The average molecular weight is 526 g/mol. The van der Waals surface area contributed by atoms with Gasteiger partial charge in [-0.05, 0) is 61.6 Å². The maximum absolute atomic E-state index is 11.9. The van der Waals surface area contributed by atoms with Crippen molar-refractivity contribution in [1.29, 1.82) is 0 Å². The second-order valence-electron chi connectivity index (χ2n) is 9.86. The summed E-state index contributed by atoms with van der Waals surface area (Å²) < 4.78 is 5.28. The lowest BCUT2D eigenvalue weighted by atomic mass is 9.95. The standard InChI is InChI=1S/C28H32ClN3O5/c1-18(16-31-27(34)37-28(2,3)4)20-7-9-21(10-8-20)26(33)24-15-22(29)11-14-25(24)30-17-19-5-12-23(13-6-19)32(35)36/h5-15,18,26,30,33H,16-17H2,1-4H3,(H,31,34). The first-order valence-corrected chi connectivity index (χ1v) is 12.3. The number of aliphatic hydroxyl groups excluding tert-OH is 1. The van der Waals surface area contributed by atoms with Crippen molar-refractivity contribution in [3.05, 3.63) is 104 Å². The van der Waals surface area contributed by atoms with E-state index in [4.69, 9.17) is 16.3 Å². The number of carbonyl (C=O) groups excluding carboxylic acids is 1. The molecule has 2 atom stereocenters. The summed E-state index contributed by atoms with van der Waals surface area (Å²) in [5.74, 6) is 0.0452. The molecular weight excluding hydrogens is 494 g/mol. The van der Waals surface area contributed by atoms with E-state index in [1.54, 1.807) is 30.3 Å². The molecule has 0 aliphatic carbocycles. The number of halogens is 1. The maximum Gasteiger partial charge on any atom is 0.407 e. The van der Waals surface area contributed by atoms with Crippen LogP contribution in [0, 0.1) is 10.1 Å². The fourth-order valence-corrected chi connectivity index (χ4v) is 3.89. The normalized spacial score (nSPS) is 12.9. The van der Waals surface area contributed by atoms with Crippen molar-refractivity contribution in [2.24, 2.45) is 0 Å². The molecule has 0 saturated heterocycles. The Morgan fingerprint density at radius 3 is 2.27 bits per heavy atom. The molecule has 3 aromatic carbocycles. The van der Waals surface area contributed by atoms with E-state index < -0.39 is 22.7 Å². The zero-order valence-electron chi connectivity index (χ0n) is 21.3. The van der Waals surface area contributed by atoms with E-state index in [0.29, 0.717) is 34.9 Å². The molecule has 0 saturated carbocycles. The van der Waals surface area contributed by atoms with Gasteiger partial charge in [-0.2, -0.15) is 0 Å². The lowest BCUT2D eigenvalue weighted by Crippen LogP contribution is -2.34. The second kappa shape index (κ2) is 12.1. The van der Waals surface area contributed by atoms with Crippen LogP contribution in [0.4, 0.5) is 16.2 Å². The number of benzene rings is 3. The van der Waals surface area contributed by atoms with Crippen molar-refractivity contribution in [1.82, 2.24) is 5.32 Å². The summed E-state index contributed by atoms with van der Waals surface area (Å²) in [5, 5.41) is 28.6. The Hall–Kier alpha value is -3.62. The molecule has 0 aliphatic rings. The number of carbonyl (C=O) groups is 1. The van der Waals surface area contributed by atoms with Crippen LogP contribution < -0.4 is 10.6 Å². The van der Waals surface area contributed by atoms with Gasteiger partial charge in [-0.15, -0.1) is 0 Å². The number of rotatable bonds is 9. The topological polar surface area (TPSA) is 114 Å². The highest BCUT2D eigenvalue weighted by Crippen LogP contribution is 2.32. The molecule has 37 heavy (non-hydrogen) atoms. The number of non-ortho nitro benzene ring substituents is 1. The molecule has 3 rings (SSSR count). The van der Waals surface area contributed by atoms with Crippen molar-refractivity contribution in [3.63, 3.8) is 0 Å². The predicted octanol–water partition coefficient (Wildman–Crippen LogP) is 6.57. The van der Waals surface area contributed by atoms with Gasteiger partial charge in [0.05, 0.1) is 4.92 Å². The van der Waals surface area contributed by atoms with Crippen molar-refractivity contribution >= 4 is 29.1 Å². The van der Waals surface area contributed by atoms with Gasteiger partial charge in [0, 0.05) is 41.5 Å². The highest BCUT2D eigenvalue weighted by Gasteiger charge is 2.18. The van der Waals surface area contributed by atoms with Gasteiger partial charge in [0.2, 0.25) is 0 Å². The van der Waals surface area contributed by atoms with Crippen LogP contribution in [0.3, 0.4) is 0 Å². The summed E-state index contributed by atoms with van der Waals surface area (Å²) in [6, 6.07) is 19.1. The zero-order valence-corrected chi connectivity index (χ0v) is 22.1. The van der Waals surface area contributed by atoms with Crippen LogP contribution in [-0.4, -0.2) is 28.3 Å². The van der Waals surface area contributed by atoms with E-state index in [2.05, 4.69) is 10.6 Å². The summed E-state index contributed by atoms with van der Waals surface area (Å²) in [6.45, 7) is 8.28. The van der Waals surface area contributed by atoms with E-state index >= 15 is 0 Å². The monoisotopic (exact) mass is 525 g/mol. The molecule has 196 valence electrons. The van der Waals surface area contributed by atoms with Crippen LogP contribution in [0.5, 0.6) is 0 Å². The Morgan fingerprint density at radius 1 is 1.05 bits per heavy atom. The van der Waals surface area contributed by atoms with E-state index in [1.807, 2.05) is 52.0 Å². The van der Waals surface area contributed by atoms with Gasteiger partial charge in [-0.25, -0.2) is 4.79 Å². The van der Waals surface area contributed by atoms with Crippen molar-refractivity contribution in [2.45, 2.75) is 51.9 Å². The lowest BCUT2D eigenvalue weighted by Gasteiger charge is -2.21. The molecule has 9 heteroatoms. The number of hydrogen-bond donors (Lipinski definition) is 3. The van der Waals surface area contributed by atoms with Gasteiger partial charge in [-0.3, -0.25) is 10.1 Å². The molecular formula is C28H32ClN3O5. The zero-order chi connectivity index (χ0) is 27.2. The highest BCUT2D eigenvalue weighted by molar-refractivity contribution is 6.30. The summed E-state index contributed by atoms with van der Waals surface area (Å²) in [7, 11) is 0. The Morgan fingerprint density at radius 2 is 1.68 bits per heavy atom. The Bertz CT molecular complexity index is 1220. The molecule has 0 aromatic heterocycles. The van der Waals surface area contributed by atoms with Gasteiger partial charge >= 0.3 is 6.09 Å². The van der Waals surface area contributed by atoms with E-state index in [0.717, 1.165) is 11.1 Å². The molecule has 0 spiro atoms. The third-order valence-corrected chi connectivity index (χ3v) is 5.95. The number of aliphatic hydroxyl groups is 1. The van der Waals surface area contributed by atoms with E-state index in [1.165, 1.54) is 12.1 Å². The van der Waals surface area contributed by atoms with Gasteiger partial charge in [-0.1, -0.05) is 54.9 Å². The minimum Gasteiger partial charge on any atom is -0.444 e. The number of nitrogens with zero attached hydrogens (tertiary/aromatic N) is 1. The van der Waals surface area contributed by atoms with Crippen LogP contribution >= 0.6 is 11.6 Å². The summed E-state index contributed by atoms with van der Waals surface area (Å²) in [6.07, 6.45) is -1.39. The van der Waals surface area contributed by atoms with Crippen LogP contribution in [0.2, 0.25) is 5.02 Å². The third kappa shape index (κ3) is 8.20. The molecule has 0 aliphatic heterocycles. The largest absolute Gasteiger partial charge is 0.444 e. The first-order valence-electron chi connectivity index (χ1n) is 11.9. The van der Waals surface area contributed by atoms with E-state index in [-0.39, 0.29) is 11.6 Å². The van der Waals surface area contributed by atoms with Crippen molar-refractivity contribution in [2.75, 3.05) is 11.9 Å².